The molecule has 0 spiro atoms. The molecule has 3 N–H and O–H groups in total. The number of benzene rings is 1. The summed E-state index contributed by atoms with van der Waals surface area (Å²) in [7, 11) is 0. The van der Waals surface area contributed by atoms with E-state index in [2.05, 4.69) is 0 Å². The van der Waals surface area contributed by atoms with Crippen LogP contribution in [0.2, 0.25) is 0 Å². The van der Waals surface area contributed by atoms with E-state index < -0.39 is 11.8 Å². The Hall–Kier alpha value is -1.62. The summed E-state index contributed by atoms with van der Waals surface area (Å²) in [5, 5.41) is 17.0. The van der Waals surface area contributed by atoms with Gasteiger partial charge in [-0.2, -0.15) is 0 Å². The summed E-state index contributed by atoms with van der Waals surface area (Å²) in [5.41, 5.74) is 1.64. The molecule has 1 rings (SSSR count). The van der Waals surface area contributed by atoms with E-state index in [1.165, 1.54) is 12.1 Å². The zero-order valence-corrected chi connectivity index (χ0v) is 6.62. The first-order valence-electron chi connectivity index (χ1n) is 3.54. The molecular formula is C8H8FNO3. The molecule has 13 heavy (non-hydrogen) atoms. The summed E-state index contributed by atoms with van der Waals surface area (Å²) in [5.74, 6) is -1.76. The molecule has 0 unspecified atom stereocenters. The Morgan fingerprint density at radius 1 is 1.54 bits per heavy atom. The summed E-state index contributed by atoms with van der Waals surface area (Å²) < 4.78 is 12.9. The Balaban J connectivity index is 3.05. The lowest BCUT2D eigenvalue weighted by molar-refractivity contribution is -0.136. The number of rotatable bonds is 3. The molecule has 0 atom stereocenters. The van der Waals surface area contributed by atoms with Crippen LogP contribution in [-0.4, -0.2) is 16.3 Å². The van der Waals surface area contributed by atoms with E-state index in [0.717, 1.165) is 6.07 Å². The second-order valence-corrected chi connectivity index (χ2v) is 2.46. The van der Waals surface area contributed by atoms with Gasteiger partial charge in [-0.3, -0.25) is 15.5 Å². The highest BCUT2D eigenvalue weighted by atomic mass is 19.1. The highest BCUT2D eigenvalue weighted by Crippen LogP contribution is 2.19. The van der Waals surface area contributed by atoms with Gasteiger partial charge in [0.15, 0.2) is 0 Å². The van der Waals surface area contributed by atoms with Crippen LogP contribution in [0, 0.1) is 5.82 Å². The van der Waals surface area contributed by atoms with Crippen LogP contribution in [0.3, 0.4) is 0 Å². The van der Waals surface area contributed by atoms with Crippen molar-refractivity contribution < 1.29 is 19.5 Å². The highest BCUT2D eigenvalue weighted by Gasteiger charge is 2.09. The zero-order chi connectivity index (χ0) is 9.84. The van der Waals surface area contributed by atoms with Crippen molar-refractivity contribution >= 4 is 11.7 Å². The molecule has 0 aliphatic rings. The predicted octanol–water partition coefficient (Wildman–Crippen LogP) is 1.25. The van der Waals surface area contributed by atoms with Gasteiger partial charge < -0.3 is 5.11 Å². The summed E-state index contributed by atoms with van der Waals surface area (Å²) in [4.78, 5) is 10.3. The largest absolute Gasteiger partial charge is 0.481 e. The number of para-hydroxylation sites is 1. The van der Waals surface area contributed by atoms with Crippen molar-refractivity contribution in [3.05, 3.63) is 29.6 Å². The van der Waals surface area contributed by atoms with Gasteiger partial charge in [0, 0.05) is 0 Å². The van der Waals surface area contributed by atoms with E-state index in [-0.39, 0.29) is 17.7 Å². The molecule has 0 saturated carbocycles. The molecule has 4 nitrogen and oxygen atoms in total. The lowest BCUT2D eigenvalue weighted by atomic mass is 10.1. The van der Waals surface area contributed by atoms with Crippen molar-refractivity contribution in [3.8, 4) is 0 Å². The maximum absolute atomic E-state index is 12.9. The number of hydrogen-bond donors (Lipinski definition) is 3. The van der Waals surface area contributed by atoms with Gasteiger partial charge in [-0.05, 0) is 11.6 Å². The van der Waals surface area contributed by atoms with Crippen LogP contribution in [0.1, 0.15) is 5.56 Å². The first-order chi connectivity index (χ1) is 6.15. The molecule has 70 valence electrons. The van der Waals surface area contributed by atoms with Crippen LogP contribution in [0.4, 0.5) is 10.1 Å². The van der Waals surface area contributed by atoms with Gasteiger partial charge >= 0.3 is 5.97 Å². The topological polar surface area (TPSA) is 69.6 Å². The molecule has 0 amide bonds. The molecular weight excluding hydrogens is 177 g/mol. The molecule has 1 aromatic rings. The maximum atomic E-state index is 12.9. The molecule has 0 heterocycles. The third-order valence-electron chi connectivity index (χ3n) is 1.55. The summed E-state index contributed by atoms with van der Waals surface area (Å²) in [6, 6.07) is 3.94. The Kier molecular flexibility index (Phi) is 2.81. The summed E-state index contributed by atoms with van der Waals surface area (Å²) in [6.45, 7) is 0. The van der Waals surface area contributed by atoms with E-state index in [1.807, 2.05) is 0 Å². The monoisotopic (exact) mass is 185 g/mol. The van der Waals surface area contributed by atoms with Crippen LogP contribution >= 0.6 is 0 Å². The lowest BCUT2D eigenvalue weighted by Gasteiger charge is -2.06. The number of carboxylic acids is 1. The first-order valence-corrected chi connectivity index (χ1v) is 3.54. The van der Waals surface area contributed by atoms with Gasteiger partial charge in [0.1, 0.15) is 5.82 Å². The first kappa shape index (κ1) is 9.47. The fourth-order valence-electron chi connectivity index (χ4n) is 1.00. The van der Waals surface area contributed by atoms with Gasteiger partial charge in [0.05, 0.1) is 12.1 Å². The normalized spacial score (nSPS) is 9.69. The van der Waals surface area contributed by atoms with Gasteiger partial charge in [-0.1, -0.05) is 12.1 Å². The molecule has 5 heteroatoms. The minimum atomic E-state index is -1.08. The number of hydrogen-bond acceptors (Lipinski definition) is 3. The summed E-state index contributed by atoms with van der Waals surface area (Å²) in [6.07, 6.45) is -0.333. The van der Waals surface area contributed by atoms with E-state index in [0.29, 0.717) is 0 Å². The lowest BCUT2D eigenvalue weighted by Crippen LogP contribution is -2.05. The van der Waals surface area contributed by atoms with E-state index in [4.69, 9.17) is 10.3 Å². The standard InChI is InChI=1S/C8H8FNO3/c9-6-3-1-2-5(4-7(11)12)8(6)10-13/h1-3,10,13H,4H2,(H,11,12). The molecule has 0 saturated heterocycles. The Morgan fingerprint density at radius 2 is 2.23 bits per heavy atom. The zero-order valence-electron chi connectivity index (χ0n) is 6.62. The number of nitrogens with one attached hydrogen (secondary N) is 1. The third-order valence-corrected chi connectivity index (χ3v) is 1.55. The average Bonchev–Trinajstić information content (AvgIpc) is 2.03. The van der Waals surface area contributed by atoms with Crippen LogP contribution in [0.25, 0.3) is 0 Å². The number of halogens is 1. The summed E-state index contributed by atoms with van der Waals surface area (Å²) >= 11 is 0. The van der Waals surface area contributed by atoms with Crippen LogP contribution in [-0.2, 0) is 11.2 Å². The molecule has 0 radical (unpaired) electrons. The van der Waals surface area contributed by atoms with Gasteiger partial charge in [-0.25, -0.2) is 4.39 Å². The molecule has 0 bridgehead atoms. The maximum Gasteiger partial charge on any atom is 0.307 e. The van der Waals surface area contributed by atoms with Crippen molar-refractivity contribution in [1.82, 2.24) is 0 Å². The smallest absolute Gasteiger partial charge is 0.307 e. The number of anilines is 1. The second-order valence-electron chi connectivity index (χ2n) is 2.46. The average molecular weight is 185 g/mol. The van der Waals surface area contributed by atoms with Gasteiger partial charge in [-0.15, -0.1) is 0 Å². The highest BCUT2D eigenvalue weighted by molar-refractivity contribution is 5.73. The van der Waals surface area contributed by atoms with Crippen molar-refractivity contribution in [3.63, 3.8) is 0 Å². The minimum absolute atomic E-state index is 0.190. The van der Waals surface area contributed by atoms with E-state index >= 15 is 0 Å². The quantitative estimate of drug-likeness (QED) is 0.620. The SMILES string of the molecule is O=C(O)Cc1cccc(F)c1NO. The Bertz CT molecular complexity index is 327. The fraction of sp³-hybridized carbons (Fsp3) is 0.125. The van der Waals surface area contributed by atoms with Crippen molar-refractivity contribution in [1.29, 1.82) is 0 Å². The fourth-order valence-corrected chi connectivity index (χ4v) is 1.00. The number of aliphatic carboxylic acids is 1. The van der Waals surface area contributed by atoms with Crippen molar-refractivity contribution in [2.75, 3.05) is 5.48 Å². The van der Waals surface area contributed by atoms with Crippen LogP contribution < -0.4 is 5.48 Å². The molecule has 0 aliphatic heterocycles. The molecule has 0 aromatic heterocycles. The van der Waals surface area contributed by atoms with Crippen molar-refractivity contribution in [2.24, 2.45) is 0 Å². The van der Waals surface area contributed by atoms with Gasteiger partial charge in [0.25, 0.3) is 0 Å². The molecule has 0 aliphatic carbocycles. The molecule has 0 fully saturated rings. The Labute approximate surface area is 73.6 Å². The van der Waals surface area contributed by atoms with Crippen LogP contribution in [0.15, 0.2) is 18.2 Å². The predicted molar refractivity (Wildman–Crippen MR) is 43.1 cm³/mol. The number of carboxylic acid groups (broad SMARTS) is 1. The number of carbonyl (C=O) groups is 1. The van der Waals surface area contributed by atoms with Gasteiger partial charge in [0.2, 0.25) is 0 Å². The molecule has 1 aromatic carbocycles. The van der Waals surface area contributed by atoms with Crippen molar-refractivity contribution in [2.45, 2.75) is 6.42 Å². The van der Waals surface area contributed by atoms with E-state index in [1.54, 1.807) is 5.48 Å². The minimum Gasteiger partial charge on any atom is -0.481 e. The second kappa shape index (κ2) is 3.86. The van der Waals surface area contributed by atoms with E-state index in [9.17, 15) is 9.18 Å². The Morgan fingerprint density at radius 3 is 2.77 bits per heavy atom. The van der Waals surface area contributed by atoms with Crippen LogP contribution in [0.5, 0.6) is 0 Å². The third kappa shape index (κ3) is 2.16.